The topological polar surface area (TPSA) is 58.1 Å². The van der Waals surface area contributed by atoms with Crippen molar-refractivity contribution in [1.82, 2.24) is 15.5 Å². The van der Waals surface area contributed by atoms with E-state index in [9.17, 15) is 4.39 Å². The van der Waals surface area contributed by atoms with Gasteiger partial charge in [-0.1, -0.05) is 12.1 Å². The first-order valence-electron chi connectivity index (χ1n) is 8.51. The second-order valence-electron chi connectivity index (χ2n) is 5.87. The van der Waals surface area contributed by atoms with E-state index in [-0.39, 0.29) is 11.9 Å². The number of hydrogen-bond acceptors (Lipinski definition) is 4. The Bertz CT molecular complexity index is 494. The Labute approximate surface area is 150 Å². The molecule has 7 heteroatoms. The lowest BCUT2D eigenvalue weighted by Gasteiger charge is -2.26. The number of aliphatic imine (C=N–C) groups is 1. The van der Waals surface area contributed by atoms with E-state index >= 15 is 0 Å². The van der Waals surface area contributed by atoms with E-state index in [0.717, 1.165) is 24.5 Å². The van der Waals surface area contributed by atoms with Gasteiger partial charge in [-0.25, -0.2) is 4.39 Å². The Morgan fingerprint density at radius 1 is 1.16 bits per heavy atom. The van der Waals surface area contributed by atoms with Crippen LogP contribution in [0.25, 0.3) is 0 Å². The zero-order chi connectivity index (χ0) is 18.5. The van der Waals surface area contributed by atoms with Gasteiger partial charge in [0.25, 0.3) is 0 Å². The number of ether oxygens (including phenoxy) is 2. The number of nitrogens with zero attached hydrogens (tertiary/aromatic N) is 2. The van der Waals surface area contributed by atoms with Crippen molar-refractivity contribution < 1.29 is 13.9 Å². The van der Waals surface area contributed by atoms with Crippen LogP contribution in [-0.4, -0.2) is 72.0 Å². The molecule has 6 nitrogen and oxygen atoms in total. The SMILES string of the molecule is CN=C(NCCCOCCOC)NCC(c1ccc(F)cc1)N(C)C. The van der Waals surface area contributed by atoms with Crippen LogP contribution in [0, 0.1) is 5.82 Å². The lowest BCUT2D eigenvalue weighted by Crippen LogP contribution is -2.42. The highest BCUT2D eigenvalue weighted by molar-refractivity contribution is 5.79. The van der Waals surface area contributed by atoms with Gasteiger partial charge in [-0.05, 0) is 38.2 Å². The molecule has 1 rings (SSSR count). The molecule has 0 aliphatic rings. The molecule has 0 aliphatic heterocycles. The molecule has 0 aliphatic carbocycles. The fourth-order valence-corrected chi connectivity index (χ4v) is 2.32. The van der Waals surface area contributed by atoms with Crippen molar-refractivity contribution in [3.8, 4) is 0 Å². The van der Waals surface area contributed by atoms with Crippen molar-refractivity contribution in [2.75, 3.05) is 61.2 Å². The van der Waals surface area contributed by atoms with Crippen LogP contribution in [0.5, 0.6) is 0 Å². The molecule has 0 saturated carbocycles. The van der Waals surface area contributed by atoms with Gasteiger partial charge in [-0.3, -0.25) is 4.99 Å². The van der Waals surface area contributed by atoms with Gasteiger partial charge in [0.05, 0.1) is 19.3 Å². The number of halogens is 1. The fourth-order valence-electron chi connectivity index (χ4n) is 2.32. The molecule has 0 bridgehead atoms. The summed E-state index contributed by atoms with van der Waals surface area (Å²) in [6, 6.07) is 6.73. The van der Waals surface area contributed by atoms with Crippen LogP contribution in [0.2, 0.25) is 0 Å². The minimum Gasteiger partial charge on any atom is -0.382 e. The van der Waals surface area contributed by atoms with Crippen LogP contribution in [-0.2, 0) is 9.47 Å². The summed E-state index contributed by atoms with van der Waals surface area (Å²) >= 11 is 0. The molecule has 0 heterocycles. The molecule has 2 N–H and O–H groups in total. The maximum absolute atomic E-state index is 13.1. The van der Waals surface area contributed by atoms with Gasteiger partial charge < -0.3 is 25.0 Å². The molecule has 1 aromatic carbocycles. The van der Waals surface area contributed by atoms with Crippen molar-refractivity contribution in [3.05, 3.63) is 35.6 Å². The van der Waals surface area contributed by atoms with E-state index in [4.69, 9.17) is 9.47 Å². The van der Waals surface area contributed by atoms with E-state index in [2.05, 4.69) is 20.5 Å². The number of hydrogen-bond donors (Lipinski definition) is 2. The number of likely N-dealkylation sites (N-methyl/N-ethyl adjacent to an activating group) is 1. The third-order valence-electron chi connectivity index (χ3n) is 3.75. The number of benzene rings is 1. The molecule has 0 amide bonds. The summed E-state index contributed by atoms with van der Waals surface area (Å²) < 4.78 is 23.5. The number of nitrogens with one attached hydrogen (secondary N) is 2. The predicted molar refractivity (Wildman–Crippen MR) is 99.5 cm³/mol. The Hall–Kier alpha value is -1.70. The largest absolute Gasteiger partial charge is 0.382 e. The molecular weight excluding hydrogens is 323 g/mol. The van der Waals surface area contributed by atoms with Gasteiger partial charge in [0.2, 0.25) is 0 Å². The average molecular weight is 354 g/mol. The van der Waals surface area contributed by atoms with Gasteiger partial charge in [-0.15, -0.1) is 0 Å². The molecule has 25 heavy (non-hydrogen) atoms. The maximum atomic E-state index is 13.1. The van der Waals surface area contributed by atoms with Crippen molar-refractivity contribution >= 4 is 5.96 Å². The summed E-state index contributed by atoms with van der Waals surface area (Å²) in [6.45, 7) is 3.36. The van der Waals surface area contributed by atoms with E-state index < -0.39 is 0 Å². The van der Waals surface area contributed by atoms with Crippen LogP contribution in [0.3, 0.4) is 0 Å². The fraction of sp³-hybridized carbons (Fsp3) is 0.611. The molecule has 1 unspecified atom stereocenters. The molecule has 1 aromatic rings. The molecule has 0 radical (unpaired) electrons. The highest BCUT2D eigenvalue weighted by Crippen LogP contribution is 2.17. The van der Waals surface area contributed by atoms with Crippen LogP contribution in [0.15, 0.2) is 29.3 Å². The van der Waals surface area contributed by atoms with E-state index in [1.165, 1.54) is 12.1 Å². The molecule has 0 saturated heterocycles. The van der Waals surface area contributed by atoms with Gasteiger partial charge in [0.15, 0.2) is 5.96 Å². The molecule has 0 spiro atoms. The minimum absolute atomic E-state index is 0.122. The summed E-state index contributed by atoms with van der Waals surface area (Å²) in [5, 5.41) is 6.58. The normalized spacial score (nSPS) is 13.1. The Morgan fingerprint density at radius 3 is 2.48 bits per heavy atom. The van der Waals surface area contributed by atoms with Crippen LogP contribution in [0.1, 0.15) is 18.0 Å². The van der Waals surface area contributed by atoms with Crippen molar-refractivity contribution in [2.45, 2.75) is 12.5 Å². The summed E-state index contributed by atoms with van der Waals surface area (Å²) in [4.78, 5) is 6.32. The Morgan fingerprint density at radius 2 is 1.88 bits per heavy atom. The number of methoxy groups -OCH3 is 1. The Kier molecular flexibility index (Phi) is 10.8. The zero-order valence-corrected chi connectivity index (χ0v) is 15.7. The standard InChI is InChI=1S/C18H31FN4O2/c1-20-18(21-10-5-11-25-13-12-24-4)22-14-17(23(2)3)15-6-8-16(19)9-7-15/h6-9,17H,5,10-14H2,1-4H3,(H2,20,21,22). The lowest BCUT2D eigenvalue weighted by molar-refractivity contribution is 0.0698. The maximum Gasteiger partial charge on any atom is 0.191 e. The van der Waals surface area contributed by atoms with Crippen molar-refractivity contribution in [1.29, 1.82) is 0 Å². The van der Waals surface area contributed by atoms with Crippen LogP contribution < -0.4 is 10.6 Å². The quantitative estimate of drug-likeness (QED) is 0.359. The second kappa shape index (κ2) is 12.6. The van der Waals surface area contributed by atoms with E-state index in [0.29, 0.717) is 26.4 Å². The molecule has 0 aromatic heterocycles. The predicted octanol–water partition coefficient (Wildman–Crippen LogP) is 1.65. The van der Waals surface area contributed by atoms with Gasteiger partial charge in [0.1, 0.15) is 5.82 Å². The minimum atomic E-state index is -0.223. The summed E-state index contributed by atoms with van der Waals surface area (Å²) in [7, 11) is 7.41. The van der Waals surface area contributed by atoms with Crippen LogP contribution in [0.4, 0.5) is 4.39 Å². The van der Waals surface area contributed by atoms with Crippen LogP contribution >= 0.6 is 0 Å². The zero-order valence-electron chi connectivity index (χ0n) is 15.7. The molecular formula is C18H31FN4O2. The Balaban J connectivity index is 2.37. The highest BCUT2D eigenvalue weighted by atomic mass is 19.1. The smallest absolute Gasteiger partial charge is 0.191 e. The summed E-state index contributed by atoms with van der Waals surface area (Å²) in [5.41, 5.74) is 1.06. The highest BCUT2D eigenvalue weighted by Gasteiger charge is 2.14. The van der Waals surface area contributed by atoms with Crippen molar-refractivity contribution in [2.24, 2.45) is 4.99 Å². The third kappa shape index (κ3) is 8.81. The van der Waals surface area contributed by atoms with E-state index in [1.807, 2.05) is 26.2 Å². The number of rotatable bonds is 11. The molecule has 1 atom stereocenters. The molecule has 0 fully saturated rings. The monoisotopic (exact) mass is 354 g/mol. The van der Waals surface area contributed by atoms with Crippen molar-refractivity contribution in [3.63, 3.8) is 0 Å². The van der Waals surface area contributed by atoms with E-state index in [1.54, 1.807) is 14.2 Å². The first-order valence-corrected chi connectivity index (χ1v) is 8.51. The average Bonchev–Trinajstić information content (AvgIpc) is 2.60. The summed E-state index contributed by atoms with van der Waals surface area (Å²) in [5.74, 6) is 0.519. The van der Waals surface area contributed by atoms with Gasteiger partial charge in [0, 0.05) is 33.9 Å². The third-order valence-corrected chi connectivity index (χ3v) is 3.75. The first kappa shape index (κ1) is 21.3. The second-order valence-corrected chi connectivity index (χ2v) is 5.87. The lowest BCUT2D eigenvalue weighted by atomic mass is 10.1. The van der Waals surface area contributed by atoms with Gasteiger partial charge in [-0.2, -0.15) is 0 Å². The molecule has 142 valence electrons. The number of guanidine groups is 1. The summed E-state index contributed by atoms with van der Waals surface area (Å²) in [6.07, 6.45) is 0.888. The van der Waals surface area contributed by atoms with Gasteiger partial charge >= 0.3 is 0 Å². The first-order chi connectivity index (χ1) is 12.1.